The second-order valence-corrected chi connectivity index (χ2v) is 5.92. The zero-order valence-electron chi connectivity index (χ0n) is 13.8. The molecule has 0 amide bonds. The van der Waals surface area contributed by atoms with Gasteiger partial charge in [-0.2, -0.15) is 0 Å². The highest BCUT2D eigenvalue weighted by molar-refractivity contribution is 5.81. The van der Waals surface area contributed by atoms with Crippen molar-refractivity contribution in [1.29, 1.82) is 0 Å². The predicted octanol–water partition coefficient (Wildman–Crippen LogP) is 0.150. The van der Waals surface area contributed by atoms with Crippen LogP contribution in [0, 0.1) is 0 Å². The molecule has 0 unspecified atom stereocenters. The van der Waals surface area contributed by atoms with Crippen LogP contribution in [-0.4, -0.2) is 55.7 Å². The van der Waals surface area contributed by atoms with Gasteiger partial charge in [-0.05, 0) is 6.42 Å². The Balaban J connectivity index is 2.09. The molecule has 3 atom stereocenters. The molecule has 0 bridgehead atoms. The van der Waals surface area contributed by atoms with E-state index >= 15 is 0 Å². The molecule has 0 aromatic carbocycles. The molecule has 2 aromatic rings. The van der Waals surface area contributed by atoms with Crippen LogP contribution in [0.5, 0.6) is 0 Å². The van der Waals surface area contributed by atoms with E-state index in [1.54, 1.807) is 0 Å². The zero-order chi connectivity index (χ0) is 17.3. The topological polar surface area (TPSA) is 129 Å². The molecule has 1 aliphatic rings. The molecular weight excluding hydrogens is 314 g/mol. The number of rotatable bonds is 6. The first-order chi connectivity index (χ1) is 11.6. The summed E-state index contributed by atoms with van der Waals surface area (Å²) >= 11 is 0. The number of methoxy groups -OCH3 is 1. The maximum Gasteiger partial charge on any atom is 0.285 e. The Hall–Kier alpha value is -1.81. The first kappa shape index (κ1) is 17.0. The number of hydrogen-bond acceptors (Lipinski definition) is 8. The summed E-state index contributed by atoms with van der Waals surface area (Å²) in [6, 6.07) is 0. The van der Waals surface area contributed by atoms with Crippen molar-refractivity contribution >= 4 is 17.0 Å². The van der Waals surface area contributed by atoms with Gasteiger partial charge in [-0.25, -0.2) is 15.0 Å². The number of aromatic nitrogens is 4. The van der Waals surface area contributed by atoms with E-state index in [1.807, 2.05) is 0 Å². The molecule has 3 rings (SSSR count). The molecule has 0 radical (unpaired) electrons. The summed E-state index contributed by atoms with van der Waals surface area (Å²) in [6.45, 7) is 1.87. The second kappa shape index (κ2) is 6.60. The Kier molecular flexibility index (Phi) is 4.68. The standard InChI is InChI=1S/C15H23N5O4/c1-3-4-5-11-18-13(16)12-14(19-11)20(8-17-12)15(23-2)10(22)6-9(7-21)24-15/h8-10,21-22H,3-7H2,1-2H3,(H2,16,18,19)/t9-,10+,15+/m0/s1. The molecule has 1 fully saturated rings. The van der Waals surface area contributed by atoms with Crippen molar-refractivity contribution in [3.8, 4) is 0 Å². The van der Waals surface area contributed by atoms with E-state index in [0.717, 1.165) is 12.8 Å². The third kappa shape index (κ3) is 2.63. The average Bonchev–Trinajstić information content (AvgIpc) is 3.14. The van der Waals surface area contributed by atoms with Gasteiger partial charge in [0.2, 0.25) is 0 Å². The summed E-state index contributed by atoms with van der Waals surface area (Å²) < 4.78 is 12.8. The summed E-state index contributed by atoms with van der Waals surface area (Å²) in [5.41, 5.74) is 6.87. The number of aliphatic hydroxyl groups excluding tert-OH is 2. The minimum Gasteiger partial charge on any atom is -0.394 e. The number of imidazole rings is 1. The van der Waals surface area contributed by atoms with Crippen LogP contribution in [0.2, 0.25) is 0 Å². The Labute approximate surface area is 139 Å². The molecular formula is C15H23N5O4. The van der Waals surface area contributed by atoms with Crippen molar-refractivity contribution in [2.24, 2.45) is 0 Å². The van der Waals surface area contributed by atoms with Crippen molar-refractivity contribution < 1.29 is 19.7 Å². The SMILES string of the molecule is CCCCc1nc(N)c2ncn([C@]3(OC)O[C@H](CO)C[C@H]3O)c2n1. The van der Waals surface area contributed by atoms with Crippen molar-refractivity contribution in [3.63, 3.8) is 0 Å². The number of nitrogens with two attached hydrogens (primary N) is 1. The minimum atomic E-state index is -1.50. The number of aryl methyl sites for hydroxylation is 1. The van der Waals surface area contributed by atoms with Crippen LogP contribution in [-0.2, 0) is 21.8 Å². The molecule has 9 nitrogen and oxygen atoms in total. The lowest BCUT2D eigenvalue weighted by molar-refractivity contribution is -0.301. The van der Waals surface area contributed by atoms with Crippen LogP contribution in [0.4, 0.5) is 5.82 Å². The highest BCUT2D eigenvalue weighted by Crippen LogP contribution is 2.38. The van der Waals surface area contributed by atoms with E-state index in [0.29, 0.717) is 23.4 Å². The Morgan fingerprint density at radius 3 is 2.92 bits per heavy atom. The first-order valence-corrected chi connectivity index (χ1v) is 8.07. The van der Waals surface area contributed by atoms with Gasteiger partial charge >= 0.3 is 0 Å². The van der Waals surface area contributed by atoms with E-state index in [1.165, 1.54) is 18.0 Å². The van der Waals surface area contributed by atoms with E-state index in [9.17, 15) is 10.2 Å². The van der Waals surface area contributed by atoms with Crippen molar-refractivity contribution in [3.05, 3.63) is 12.2 Å². The second-order valence-electron chi connectivity index (χ2n) is 5.92. The molecule has 1 aliphatic heterocycles. The summed E-state index contributed by atoms with van der Waals surface area (Å²) in [6.07, 6.45) is 2.86. The van der Waals surface area contributed by atoms with Crippen LogP contribution in [0.3, 0.4) is 0 Å². The fourth-order valence-corrected chi connectivity index (χ4v) is 3.02. The van der Waals surface area contributed by atoms with Crippen LogP contribution in [0.25, 0.3) is 11.2 Å². The fourth-order valence-electron chi connectivity index (χ4n) is 3.02. The molecule has 132 valence electrons. The summed E-state index contributed by atoms with van der Waals surface area (Å²) in [4.78, 5) is 13.1. The first-order valence-electron chi connectivity index (χ1n) is 8.07. The predicted molar refractivity (Wildman–Crippen MR) is 85.9 cm³/mol. The summed E-state index contributed by atoms with van der Waals surface area (Å²) in [5, 5.41) is 19.8. The maximum absolute atomic E-state index is 10.5. The average molecular weight is 337 g/mol. The number of anilines is 1. The lowest BCUT2D eigenvalue weighted by Gasteiger charge is -2.31. The molecule has 24 heavy (non-hydrogen) atoms. The van der Waals surface area contributed by atoms with Crippen LogP contribution in [0.15, 0.2) is 6.33 Å². The van der Waals surface area contributed by atoms with Gasteiger partial charge < -0.3 is 25.4 Å². The van der Waals surface area contributed by atoms with Gasteiger partial charge in [0.05, 0.1) is 12.7 Å². The van der Waals surface area contributed by atoms with Crippen LogP contribution in [0.1, 0.15) is 32.0 Å². The number of hydrogen-bond donors (Lipinski definition) is 3. The molecule has 4 N–H and O–H groups in total. The molecule has 1 saturated heterocycles. The molecule has 0 spiro atoms. The van der Waals surface area contributed by atoms with E-state index < -0.39 is 18.1 Å². The van der Waals surface area contributed by atoms with Gasteiger partial charge in [0, 0.05) is 20.0 Å². The lowest BCUT2D eigenvalue weighted by Crippen LogP contribution is -2.44. The maximum atomic E-state index is 10.5. The molecule has 0 aliphatic carbocycles. The van der Waals surface area contributed by atoms with Gasteiger partial charge in [0.25, 0.3) is 5.91 Å². The quantitative estimate of drug-likeness (QED) is 0.679. The number of nitrogen functional groups attached to an aromatic ring is 1. The minimum absolute atomic E-state index is 0.215. The number of fused-ring (bicyclic) bond motifs is 1. The molecule has 9 heteroatoms. The van der Waals surface area contributed by atoms with Gasteiger partial charge in [0.15, 0.2) is 11.5 Å². The van der Waals surface area contributed by atoms with Crippen LogP contribution < -0.4 is 5.73 Å². The summed E-state index contributed by atoms with van der Waals surface area (Å²) in [7, 11) is 1.43. The van der Waals surface area contributed by atoms with Crippen LogP contribution >= 0.6 is 0 Å². The van der Waals surface area contributed by atoms with Gasteiger partial charge in [-0.1, -0.05) is 13.3 Å². The van der Waals surface area contributed by atoms with Gasteiger partial charge in [0.1, 0.15) is 23.8 Å². The van der Waals surface area contributed by atoms with E-state index in [2.05, 4.69) is 21.9 Å². The monoisotopic (exact) mass is 337 g/mol. The van der Waals surface area contributed by atoms with Gasteiger partial charge in [-0.15, -0.1) is 0 Å². The van der Waals surface area contributed by atoms with E-state index in [4.69, 9.17) is 15.2 Å². The Morgan fingerprint density at radius 1 is 1.50 bits per heavy atom. The number of aliphatic hydroxyl groups is 2. The van der Waals surface area contributed by atoms with E-state index in [-0.39, 0.29) is 18.8 Å². The number of nitrogens with zero attached hydrogens (tertiary/aromatic N) is 4. The Bertz CT molecular complexity index is 721. The summed E-state index contributed by atoms with van der Waals surface area (Å²) in [5.74, 6) is -0.603. The highest BCUT2D eigenvalue weighted by Gasteiger charge is 2.51. The normalized spacial score (nSPS) is 27.2. The van der Waals surface area contributed by atoms with Crippen molar-refractivity contribution in [1.82, 2.24) is 19.5 Å². The molecule has 0 saturated carbocycles. The third-order valence-electron chi connectivity index (χ3n) is 4.30. The highest BCUT2D eigenvalue weighted by atomic mass is 16.7. The van der Waals surface area contributed by atoms with Gasteiger partial charge in [-0.3, -0.25) is 4.57 Å². The lowest BCUT2D eigenvalue weighted by atomic mass is 10.2. The fraction of sp³-hybridized carbons (Fsp3) is 0.667. The third-order valence-corrected chi connectivity index (χ3v) is 4.30. The Morgan fingerprint density at radius 2 is 2.29 bits per heavy atom. The smallest absolute Gasteiger partial charge is 0.285 e. The zero-order valence-corrected chi connectivity index (χ0v) is 13.8. The number of ether oxygens (including phenoxy) is 2. The number of unbranched alkanes of at least 4 members (excludes halogenated alkanes) is 1. The molecule has 3 heterocycles. The van der Waals surface area contributed by atoms with Crippen molar-refractivity contribution in [2.75, 3.05) is 19.5 Å². The van der Waals surface area contributed by atoms with Crippen molar-refractivity contribution in [2.45, 2.75) is 50.7 Å². The largest absolute Gasteiger partial charge is 0.394 e. The molecule has 2 aromatic heterocycles.